The molecule has 0 atom stereocenters. The molecule has 0 aliphatic carbocycles. The lowest BCUT2D eigenvalue weighted by Crippen LogP contribution is -1.94. The van der Waals surface area contributed by atoms with Crippen LogP contribution in [-0.2, 0) is 0 Å². The average molecular weight is 605 g/mol. The van der Waals surface area contributed by atoms with Crippen LogP contribution in [0.25, 0.3) is 81.6 Å². The molecule has 46 heavy (non-hydrogen) atoms. The Morgan fingerprint density at radius 1 is 0.543 bits per heavy atom. The first-order chi connectivity index (χ1) is 22.7. The van der Waals surface area contributed by atoms with E-state index in [9.17, 15) is 5.26 Å². The molecule has 214 valence electrons. The largest absolute Gasteiger partial charge is 0.309 e. The topological polar surface area (TPSA) is 54.5 Å². The molecule has 9 aromatic rings. The van der Waals surface area contributed by atoms with Crippen molar-refractivity contribution in [3.8, 4) is 45.5 Å². The molecule has 0 aliphatic heterocycles. The summed E-state index contributed by atoms with van der Waals surface area (Å²) in [5, 5.41) is 12.9. The fraction of sp³-hybridized carbons (Fsp3) is 0. The van der Waals surface area contributed by atoms with E-state index in [2.05, 4.69) is 114 Å². The summed E-state index contributed by atoms with van der Waals surface area (Å²) in [6.45, 7) is 0. The zero-order valence-corrected chi connectivity index (χ0v) is 25.4. The molecule has 9 rings (SSSR count). The Kier molecular flexibility index (Phi) is 6.02. The summed E-state index contributed by atoms with van der Waals surface area (Å²) in [6.07, 6.45) is 0. The Morgan fingerprint density at radius 3 is 1.93 bits per heavy atom. The van der Waals surface area contributed by atoms with Crippen LogP contribution >= 0.6 is 11.3 Å². The highest BCUT2D eigenvalue weighted by atomic mass is 32.1. The summed E-state index contributed by atoms with van der Waals surface area (Å²) in [6, 6.07) is 52.7. The van der Waals surface area contributed by atoms with Crippen molar-refractivity contribution in [1.82, 2.24) is 14.5 Å². The Morgan fingerprint density at radius 2 is 1.20 bits per heavy atom. The second-order valence-corrected chi connectivity index (χ2v) is 12.4. The van der Waals surface area contributed by atoms with Crippen molar-refractivity contribution in [2.45, 2.75) is 0 Å². The number of benzene rings is 6. The van der Waals surface area contributed by atoms with E-state index in [-0.39, 0.29) is 0 Å². The first-order valence-corrected chi connectivity index (χ1v) is 16.0. The van der Waals surface area contributed by atoms with Gasteiger partial charge >= 0.3 is 0 Å². The van der Waals surface area contributed by atoms with E-state index in [1.807, 2.05) is 42.5 Å². The molecule has 0 saturated carbocycles. The smallest absolute Gasteiger partial charge is 0.160 e. The number of nitrogens with zero attached hydrogens (tertiary/aromatic N) is 4. The molecule has 0 spiro atoms. The molecule has 0 aliphatic rings. The van der Waals surface area contributed by atoms with E-state index < -0.39 is 0 Å². The fourth-order valence-electron chi connectivity index (χ4n) is 6.46. The summed E-state index contributed by atoms with van der Waals surface area (Å²) < 4.78 is 4.59. The van der Waals surface area contributed by atoms with Crippen LogP contribution in [0.15, 0.2) is 146 Å². The lowest BCUT2D eigenvalue weighted by molar-refractivity contribution is 1.18. The maximum absolute atomic E-state index is 9.33. The zero-order chi connectivity index (χ0) is 30.6. The van der Waals surface area contributed by atoms with Crippen molar-refractivity contribution in [2.24, 2.45) is 0 Å². The Bertz CT molecular complexity index is 2590. The van der Waals surface area contributed by atoms with E-state index in [4.69, 9.17) is 9.97 Å². The number of aromatic nitrogens is 3. The number of nitriles is 1. The number of rotatable bonds is 4. The van der Waals surface area contributed by atoms with Crippen LogP contribution in [-0.4, -0.2) is 14.5 Å². The molecule has 0 radical (unpaired) electrons. The lowest BCUT2D eigenvalue weighted by atomic mass is 10.0. The number of hydrogen-bond acceptors (Lipinski definition) is 4. The predicted octanol–water partition coefficient (Wildman–Crippen LogP) is 10.8. The SMILES string of the molecule is N#Cc1ccc(-c2nc(-c3ccccc3)c3sc4ccc(-c5cccc(-n6c7ccccc7c7ccccc76)c5)cc4c3n2)cc1. The number of fused-ring (bicyclic) bond motifs is 6. The van der Waals surface area contributed by atoms with Gasteiger partial charge in [0.1, 0.15) is 0 Å². The highest BCUT2D eigenvalue weighted by Gasteiger charge is 2.18. The normalized spacial score (nSPS) is 11.5. The summed E-state index contributed by atoms with van der Waals surface area (Å²) >= 11 is 1.73. The van der Waals surface area contributed by atoms with Gasteiger partial charge in [-0.2, -0.15) is 5.26 Å². The first kappa shape index (κ1) is 26.3. The molecule has 0 N–H and O–H groups in total. The van der Waals surface area contributed by atoms with Crippen LogP contribution in [0.5, 0.6) is 0 Å². The highest BCUT2D eigenvalue weighted by Crippen LogP contribution is 2.41. The molecule has 0 fully saturated rings. The minimum Gasteiger partial charge on any atom is -0.309 e. The minimum absolute atomic E-state index is 0.613. The van der Waals surface area contributed by atoms with Crippen molar-refractivity contribution < 1.29 is 0 Å². The molecular weight excluding hydrogens is 581 g/mol. The first-order valence-electron chi connectivity index (χ1n) is 15.1. The molecule has 0 bridgehead atoms. The van der Waals surface area contributed by atoms with Gasteiger partial charge in [-0.05, 0) is 71.8 Å². The van der Waals surface area contributed by atoms with E-state index in [0.29, 0.717) is 11.4 Å². The molecule has 4 nitrogen and oxygen atoms in total. The standard InChI is InChI=1S/C41H24N4S/c42-25-26-17-19-28(20-18-26)41-43-38(27-9-2-1-3-10-27)40-39(44-41)34-24-30(21-22-37(34)46-40)29-11-8-12-31(23-29)45-35-15-6-4-13-32(35)33-14-5-7-16-36(33)45/h1-24H. The monoisotopic (exact) mass is 604 g/mol. The van der Waals surface area contributed by atoms with Crippen LogP contribution in [0, 0.1) is 11.3 Å². The third kappa shape index (κ3) is 4.20. The highest BCUT2D eigenvalue weighted by molar-refractivity contribution is 7.26. The van der Waals surface area contributed by atoms with Gasteiger partial charge in [-0.15, -0.1) is 11.3 Å². The predicted molar refractivity (Wildman–Crippen MR) is 190 cm³/mol. The van der Waals surface area contributed by atoms with E-state index in [0.717, 1.165) is 49.2 Å². The van der Waals surface area contributed by atoms with Crippen molar-refractivity contribution in [3.63, 3.8) is 0 Å². The summed E-state index contributed by atoms with van der Waals surface area (Å²) in [5.41, 5.74) is 10.2. The van der Waals surface area contributed by atoms with Crippen molar-refractivity contribution >= 4 is 53.4 Å². The molecule has 5 heteroatoms. The van der Waals surface area contributed by atoms with Crippen molar-refractivity contribution in [2.75, 3.05) is 0 Å². The van der Waals surface area contributed by atoms with Crippen LogP contribution in [0.2, 0.25) is 0 Å². The van der Waals surface area contributed by atoms with Gasteiger partial charge in [-0.25, -0.2) is 9.97 Å². The van der Waals surface area contributed by atoms with Gasteiger partial charge in [0, 0.05) is 37.7 Å². The third-order valence-corrected chi connectivity index (χ3v) is 9.82. The molecule has 3 aromatic heterocycles. The fourth-order valence-corrected chi connectivity index (χ4v) is 7.60. The van der Waals surface area contributed by atoms with E-state index >= 15 is 0 Å². The quantitative estimate of drug-likeness (QED) is 0.201. The van der Waals surface area contributed by atoms with Gasteiger partial charge in [0.25, 0.3) is 0 Å². The van der Waals surface area contributed by atoms with Gasteiger partial charge in [0.15, 0.2) is 5.82 Å². The third-order valence-electron chi connectivity index (χ3n) is 8.65. The van der Waals surface area contributed by atoms with Gasteiger partial charge in [0.2, 0.25) is 0 Å². The molecule has 0 saturated heterocycles. The van der Waals surface area contributed by atoms with Crippen LogP contribution < -0.4 is 0 Å². The van der Waals surface area contributed by atoms with E-state index in [1.165, 1.54) is 26.5 Å². The van der Waals surface area contributed by atoms with Crippen molar-refractivity contribution in [1.29, 1.82) is 5.26 Å². The number of hydrogen-bond donors (Lipinski definition) is 0. The van der Waals surface area contributed by atoms with Crippen molar-refractivity contribution in [3.05, 3.63) is 151 Å². The van der Waals surface area contributed by atoms with Gasteiger partial charge in [-0.1, -0.05) is 84.9 Å². The zero-order valence-electron chi connectivity index (χ0n) is 24.6. The van der Waals surface area contributed by atoms with Gasteiger partial charge in [0.05, 0.1) is 38.6 Å². The summed E-state index contributed by atoms with van der Waals surface area (Å²) in [7, 11) is 0. The second kappa shape index (κ2) is 10.5. The maximum Gasteiger partial charge on any atom is 0.160 e. The van der Waals surface area contributed by atoms with E-state index in [1.54, 1.807) is 11.3 Å². The molecule has 0 unspecified atom stereocenters. The number of para-hydroxylation sites is 2. The molecule has 0 amide bonds. The number of thiophene rings is 1. The molecule has 6 aromatic carbocycles. The Hall–Kier alpha value is -6.09. The van der Waals surface area contributed by atoms with Crippen LogP contribution in [0.1, 0.15) is 5.56 Å². The Labute approximate surface area is 269 Å². The maximum atomic E-state index is 9.33. The average Bonchev–Trinajstić information content (AvgIpc) is 3.67. The van der Waals surface area contributed by atoms with Gasteiger partial charge in [-0.3, -0.25) is 0 Å². The van der Waals surface area contributed by atoms with Crippen LogP contribution in [0.3, 0.4) is 0 Å². The van der Waals surface area contributed by atoms with Gasteiger partial charge < -0.3 is 4.57 Å². The second-order valence-electron chi connectivity index (χ2n) is 11.4. The minimum atomic E-state index is 0.613. The van der Waals surface area contributed by atoms with Crippen LogP contribution in [0.4, 0.5) is 0 Å². The Balaban J connectivity index is 1.24. The molecule has 3 heterocycles. The summed E-state index contributed by atoms with van der Waals surface area (Å²) in [4.78, 5) is 10.2. The molecular formula is C41H24N4S. The summed E-state index contributed by atoms with van der Waals surface area (Å²) in [5.74, 6) is 0.648. The lowest BCUT2D eigenvalue weighted by Gasteiger charge is -2.10.